The van der Waals surface area contributed by atoms with Crippen molar-refractivity contribution < 1.29 is 4.42 Å². The molecule has 3 aromatic rings. The molecule has 3 aromatic heterocycles. The minimum absolute atomic E-state index is 0.537. The maximum Gasteiger partial charge on any atom is 0.195 e. The highest BCUT2D eigenvalue weighted by Gasteiger charge is 2.11. The normalized spacial score (nSPS) is 10.8. The van der Waals surface area contributed by atoms with E-state index in [1.54, 1.807) is 6.20 Å². The van der Waals surface area contributed by atoms with Crippen molar-refractivity contribution in [2.24, 2.45) is 0 Å². The van der Waals surface area contributed by atoms with Crippen LogP contribution in [0.2, 0.25) is 0 Å². The van der Waals surface area contributed by atoms with Crippen LogP contribution in [0.25, 0.3) is 11.5 Å². The van der Waals surface area contributed by atoms with Crippen LogP contribution in [-0.4, -0.2) is 19.7 Å². The molecule has 0 radical (unpaired) electrons. The average Bonchev–Trinajstić information content (AvgIpc) is 2.99. The average molecular weight is 272 g/mol. The third kappa shape index (κ3) is 2.34. The molecule has 0 saturated carbocycles. The van der Waals surface area contributed by atoms with Crippen molar-refractivity contribution in [2.45, 2.75) is 13.5 Å². The highest BCUT2D eigenvalue weighted by molar-refractivity contribution is 7.71. The van der Waals surface area contributed by atoms with Crippen molar-refractivity contribution in [3.63, 3.8) is 0 Å². The Balaban J connectivity index is 2.02. The SMILES string of the molecule is Cc1ccc(Cn2c(-c3ccccn3)n[nH]c2=S)o1. The predicted octanol–water partition coefficient (Wildman–Crippen LogP) is 2.95. The number of hydrogen-bond donors (Lipinski definition) is 1. The number of hydrogen-bond acceptors (Lipinski definition) is 4. The lowest BCUT2D eigenvalue weighted by Crippen LogP contribution is -2.02. The fourth-order valence-corrected chi connectivity index (χ4v) is 2.08. The van der Waals surface area contributed by atoms with E-state index in [9.17, 15) is 0 Å². The molecular formula is C13H12N4OS. The first-order valence-electron chi connectivity index (χ1n) is 5.86. The third-order valence-corrected chi connectivity index (χ3v) is 3.07. The van der Waals surface area contributed by atoms with E-state index in [4.69, 9.17) is 16.6 Å². The van der Waals surface area contributed by atoms with Crippen molar-refractivity contribution in [3.8, 4) is 11.5 Å². The maximum atomic E-state index is 5.57. The molecule has 1 N–H and O–H groups in total. The zero-order valence-electron chi connectivity index (χ0n) is 10.3. The molecule has 0 aliphatic rings. The minimum Gasteiger partial charge on any atom is -0.464 e. The van der Waals surface area contributed by atoms with E-state index < -0.39 is 0 Å². The van der Waals surface area contributed by atoms with Crippen molar-refractivity contribution >= 4 is 12.2 Å². The summed E-state index contributed by atoms with van der Waals surface area (Å²) in [5, 5.41) is 7.03. The number of aryl methyl sites for hydroxylation is 1. The Kier molecular flexibility index (Phi) is 3.00. The van der Waals surface area contributed by atoms with Crippen molar-refractivity contribution in [1.29, 1.82) is 0 Å². The van der Waals surface area contributed by atoms with Crippen LogP contribution < -0.4 is 0 Å². The van der Waals surface area contributed by atoms with E-state index in [1.165, 1.54) is 0 Å². The van der Waals surface area contributed by atoms with Gasteiger partial charge in [-0.15, -0.1) is 0 Å². The zero-order chi connectivity index (χ0) is 13.2. The van der Waals surface area contributed by atoms with Gasteiger partial charge in [0.1, 0.15) is 17.2 Å². The van der Waals surface area contributed by atoms with E-state index in [1.807, 2.05) is 41.8 Å². The summed E-state index contributed by atoms with van der Waals surface area (Å²) >= 11 is 5.25. The first-order valence-corrected chi connectivity index (χ1v) is 6.27. The highest BCUT2D eigenvalue weighted by atomic mass is 32.1. The molecule has 0 unspecified atom stereocenters. The van der Waals surface area contributed by atoms with Gasteiger partial charge in [-0.3, -0.25) is 14.6 Å². The highest BCUT2D eigenvalue weighted by Crippen LogP contribution is 2.16. The fourth-order valence-electron chi connectivity index (χ4n) is 1.88. The first kappa shape index (κ1) is 11.9. The lowest BCUT2D eigenvalue weighted by Gasteiger charge is -2.04. The van der Waals surface area contributed by atoms with Gasteiger partial charge in [-0.05, 0) is 43.4 Å². The van der Waals surface area contributed by atoms with Gasteiger partial charge in [0.05, 0.1) is 6.54 Å². The summed E-state index contributed by atoms with van der Waals surface area (Å²) in [5.74, 6) is 2.43. The fraction of sp³-hybridized carbons (Fsp3) is 0.154. The Hall–Kier alpha value is -2.21. The topological polar surface area (TPSA) is 59.6 Å². The summed E-state index contributed by atoms with van der Waals surface area (Å²) < 4.78 is 8.00. The molecule has 0 bridgehead atoms. The van der Waals surface area contributed by atoms with E-state index in [0.29, 0.717) is 17.1 Å². The van der Waals surface area contributed by atoms with Crippen LogP contribution in [0.3, 0.4) is 0 Å². The molecular weight excluding hydrogens is 260 g/mol. The molecule has 0 fully saturated rings. The van der Waals surface area contributed by atoms with Gasteiger partial charge in [-0.25, -0.2) is 0 Å². The van der Waals surface area contributed by atoms with Crippen LogP contribution in [0.15, 0.2) is 40.9 Å². The predicted molar refractivity (Wildman–Crippen MR) is 73.2 cm³/mol. The molecule has 0 aliphatic carbocycles. The van der Waals surface area contributed by atoms with Crippen LogP contribution in [0.1, 0.15) is 11.5 Å². The molecule has 0 aromatic carbocycles. The first-order chi connectivity index (χ1) is 9.24. The Morgan fingerprint density at radius 1 is 1.32 bits per heavy atom. The molecule has 0 saturated heterocycles. The third-order valence-electron chi connectivity index (χ3n) is 2.76. The smallest absolute Gasteiger partial charge is 0.195 e. The number of pyridine rings is 1. The molecule has 3 rings (SSSR count). The quantitative estimate of drug-likeness (QED) is 0.745. The number of furan rings is 1. The molecule has 3 heterocycles. The molecule has 6 heteroatoms. The summed E-state index contributed by atoms with van der Waals surface area (Å²) in [5.41, 5.74) is 0.776. The summed E-state index contributed by atoms with van der Waals surface area (Å²) in [6.07, 6.45) is 1.73. The molecule has 96 valence electrons. The van der Waals surface area contributed by atoms with Crippen molar-refractivity contribution in [3.05, 3.63) is 52.8 Å². The Morgan fingerprint density at radius 3 is 2.89 bits per heavy atom. The largest absolute Gasteiger partial charge is 0.464 e. The van der Waals surface area contributed by atoms with E-state index in [0.717, 1.165) is 17.2 Å². The molecule has 0 atom stereocenters. The second-order valence-corrected chi connectivity index (χ2v) is 4.55. The summed E-state index contributed by atoms with van der Waals surface area (Å²) in [4.78, 5) is 4.29. The van der Waals surface area contributed by atoms with Gasteiger partial charge in [0.25, 0.3) is 0 Å². The molecule has 0 amide bonds. The van der Waals surface area contributed by atoms with Gasteiger partial charge < -0.3 is 4.42 Å². The number of aromatic amines is 1. The lowest BCUT2D eigenvalue weighted by atomic mass is 10.3. The lowest BCUT2D eigenvalue weighted by molar-refractivity contribution is 0.469. The van der Waals surface area contributed by atoms with E-state index in [-0.39, 0.29) is 0 Å². The van der Waals surface area contributed by atoms with Crippen molar-refractivity contribution in [1.82, 2.24) is 19.7 Å². The monoisotopic (exact) mass is 272 g/mol. The second kappa shape index (κ2) is 4.81. The van der Waals surface area contributed by atoms with Gasteiger partial charge in [0.2, 0.25) is 0 Å². The van der Waals surface area contributed by atoms with Gasteiger partial charge >= 0.3 is 0 Å². The van der Waals surface area contributed by atoms with Gasteiger partial charge in [-0.2, -0.15) is 5.10 Å². The Labute approximate surface area is 114 Å². The van der Waals surface area contributed by atoms with Crippen LogP contribution in [0.4, 0.5) is 0 Å². The number of H-pyrrole nitrogens is 1. The van der Waals surface area contributed by atoms with Crippen LogP contribution in [0.5, 0.6) is 0 Å². The van der Waals surface area contributed by atoms with Crippen molar-refractivity contribution in [2.75, 3.05) is 0 Å². The molecule has 19 heavy (non-hydrogen) atoms. The zero-order valence-corrected chi connectivity index (χ0v) is 11.1. The van der Waals surface area contributed by atoms with Crippen LogP contribution in [0, 0.1) is 11.7 Å². The maximum absolute atomic E-state index is 5.57. The van der Waals surface area contributed by atoms with E-state index in [2.05, 4.69) is 15.2 Å². The Bertz CT molecular complexity index is 741. The van der Waals surface area contributed by atoms with E-state index >= 15 is 0 Å². The number of nitrogens with zero attached hydrogens (tertiary/aromatic N) is 3. The summed E-state index contributed by atoms with van der Waals surface area (Å²) in [6, 6.07) is 9.55. The minimum atomic E-state index is 0.537. The summed E-state index contributed by atoms with van der Waals surface area (Å²) in [6.45, 7) is 2.45. The number of nitrogens with one attached hydrogen (secondary N) is 1. The van der Waals surface area contributed by atoms with Crippen LogP contribution >= 0.6 is 12.2 Å². The summed E-state index contributed by atoms with van der Waals surface area (Å²) in [7, 11) is 0. The number of aromatic nitrogens is 4. The van der Waals surface area contributed by atoms with Gasteiger partial charge in [0.15, 0.2) is 10.6 Å². The van der Waals surface area contributed by atoms with Gasteiger partial charge in [-0.1, -0.05) is 6.07 Å². The standard InChI is InChI=1S/C13H12N4OS/c1-9-5-6-10(18-9)8-17-12(15-16-13(17)19)11-4-2-3-7-14-11/h2-7H,8H2,1H3,(H,16,19). The molecule has 5 nitrogen and oxygen atoms in total. The van der Waals surface area contributed by atoms with Gasteiger partial charge in [0, 0.05) is 6.20 Å². The molecule has 0 spiro atoms. The van der Waals surface area contributed by atoms with Crippen LogP contribution in [-0.2, 0) is 6.54 Å². The molecule has 0 aliphatic heterocycles. The second-order valence-electron chi connectivity index (χ2n) is 4.17. The number of rotatable bonds is 3. The Morgan fingerprint density at radius 2 is 2.21 bits per heavy atom.